The summed E-state index contributed by atoms with van der Waals surface area (Å²) in [6.07, 6.45) is 8.03. The fourth-order valence-electron chi connectivity index (χ4n) is 2.71. The van der Waals surface area contributed by atoms with Crippen LogP contribution in [0.3, 0.4) is 0 Å². The molecule has 1 fully saturated rings. The minimum atomic E-state index is 0.838. The van der Waals surface area contributed by atoms with Crippen LogP contribution >= 0.6 is 0 Å². The second-order valence-electron chi connectivity index (χ2n) is 5.02. The van der Waals surface area contributed by atoms with Crippen molar-refractivity contribution in [3.8, 4) is 0 Å². The van der Waals surface area contributed by atoms with Crippen LogP contribution in [0.1, 0.15) is 12.8 Å². The van der Waals surface area contributed by atoms with E-state index >= 15 is 0 Å². The second-order valence-corrected chi connectivity index (χ2v) is 5.02. The highest BCUT2D eigenvalue weighted by Crippen LogP contribution is 2.29. The van der Waals surface area contributed by atoms with Crippen molar-refractivity contribution in [3.63, 3.8) is 0 Å². The summed E-state index contributed by atoms with van der Waals surface area (Å²) in [7, 11) is 0. The molecule has 3 aliphatic rings. The highest BCUT2D eigenvalue weighted by molar-refractivity contribution is 5.86. The van der Waals surface area contributed by atoms with Crippen LogP contribution in [0.2, 0.25) is 0 Å². The Balaban J connectivity index is 1.56. The molecule has 0 aromatic carbocycles. The van der Waals surface area contributed by atoms with Crippen LogP contribution in [0.5, 0.6) is 0 Å². The Bertz CT molecular complexity index is 541. The third-order valence-corrected chi connectivity index (χ3v) is 3.71. The molecule has 0 bridgehead atoms. The van der Waals surface area contributed by atoms with Crippen LogP contribution in [-0.4, -0.2) is 47.2 Å². The van der Waals surface area contributed by atoms with Gasteiger partial charge in [0.2, 0.25) is 0 Å². The second kappa shape index (κ2) is 4.80. The number of aromatic nitrogens is 2. The van der Waals surface area contributed by atoms with Gasteiger partial charge in [-0.1, -0.05) is 6.08 Å². The summed E-state index contributed by atoms with van der Waals surface area (Å²) in [5.74, 6) is 2.04. The maximum Gasteiger partial charge on any atom is 0.168 e. The van der Waals surface area contributed by atoms with Gasteiger partial charge in [0.25, 0.3) is 0 Å². The van der Waals surface area contributed by atoms with E-state index in [2.05, 4.69) is 32.1 Å². The predicted molar refractivity (Wildman–Crippen MR) is 76.9 cm³/mol. The van der Waals surface area contributed by atoms with Crippen LogP contribution in [0.25, 0.3) is 0 Å². The van der Waals surface area contributed by atoms with Crippen molar-refractivity contribution in [2.24, 2.45) is 5.10 Å². The van der Waals surface area contributed by atoms with E-state index in [1.54, 1.807) is 0 Å². The van der Waals surface area contributed by atoms with Crippen LogP contribution in [-0.2, 0) is 0 Å². The van der Waals surface area contributed by atoms with Gasteiger partial charge in [-0.25, -0.2) is 10.9 Å². The van der Waals surface area contributed by atoms with E-state index in [-0.39, 0.29) is 0 Å². The molecule has 8 nitrogen and oxygen atoms in total. The molecule has 106 valence electrons. The van der Waals surface area contributed by atoms with Crippen LogP contribution in [0.4, 0.5) is 11.5 Å². The summed E-state index contributed by atoms with van der Waals surface area (Å²) < 4.78 is 0. The van der Waals surface area contributed by atoms with Gasteiger partial charge in [0.15, 0.2) is 5.82 Å². The van der Waals surface area contributed by atoms with Crippen molar-refractivity contribution >= 4 is 17.3 Å². The van der Waals surface area contributed by atoms with Gasteiger partial charge in [0.05, 0.1) is 6.20 Å². The number of H-pyrrole nitrogens is 1. The van der Waals surface area contributed by atoms with Crippen LogP contribution in [0, 0.1) is 0 Å². The predicted octanol–water partition coefficient (Wildman–Crippen LogP) is -0.0181. The van der Waals surface area contributed by atoms with Gasteiger partial charge in [-0.2, -0.15) is 10.2 Å². The SMILES string of the molecule is C1=CN(c2[nH]ncc2N2CCC(N3CCCN3)=N2)NC1. The molecule has 0 unspecified atom stereocenters. The first-order chi connectivity index (χ1) is 9.92. The Labute approximate surface area is 117 Å². The largest absolute Gasteiger partial charge is 0.294 e. The maximum absolute atomic E-state index is 4.72. The molecule has 8 heteroatoms. The molecule has 0 aliphatic carbocycles. The third-order valence-electron chi connectivity index (χ3n) is 3.71. The Morgan fingerprint density at radius 3 is 3.00 bits per heavy atom. The van der Waals surface area contributed by atoms with Crippen molar-refractivity contribution in [1.29, 1.82) is 0 Å². The van der Waals surface area contributed by atoms with Crippen molar-refractivity contribution in [2.75, 3.05) is 36.2 Å². The first-order valence-electron chi connectivity index (χ1n) is 7.01. The molecule has 20 heavy (non-hydrogen) atoms. The summed E-state index contributed by atoms with van der Waals surface area (Å²) in [4.78, 5) is 0. The van der Waals surface area contributed by atoms with Crippen molar-refractivity contribution in [3.05, 3.63) is 18.5 Å². The van der Waals surface area contributed by atoms with E-state index in [0.717, 1.165) is 49.9 Å². The zero-order valence-corrected chi connectivity index (χ0v) is 11.2. The summed E-state index contributed by atoms with van der Waals surface area (Å²) >= 11 is 0. The van der Waals surface area contributed by atoms with Crippen LogP contribution in [0.15, 0.2) is 23.6 Å². The number of rotatable bonds is 2. The third kappa shape index (κ3) is 1.93. The van der Waals surface area contributed by atoms with Gasteiger partial charge in [-0.3, -0.25) is 20.1 Å². The molecule has 0 amide bonds. The fourth-order valence-corrected chi connectivity index (χ4v) is 2.71. The summed E-state index contributed by atoms with van der Waals surface area (Å²) in [5.41, 5.74) is 7.59. The average molecular weight is 274 g/mol. The highest BCUT2D eigenvalue weighted by Gasteiger charge is 2.26. The standard InChI is InChI=1S/C12H18N8/c1-4-14-19(6-1)11-3-8-18(17-11)10-9-13-16-12(10)20-7-2-5-15-20/h2,7,9,14-15H,1,3-6,8H2,(H,13,16). The molecule has 0 saturated carbocycles. The molecule has 3 N–H and O–H groups in total. The number of amidine groups is 1. The van der Waals surface area contributed by atoms with Gasteiger partial charge in [0, 0.05) is 38.8 Å². The first kappa shape index (κ1) is 11.7. The molecule has 3 aliphatic heterocycles. The zero-order chi connectivity index (χ0) is 13.4. The normalized spacial score (nSPS) is 22.2. The van der Waals surface area contributed by atoms with E-state index in [9.17, 15) is 0 Å². The first-order valence-corrected chi connectivity index (χ1v) is 7.01. The van der Waals surface area contributed by atoms with Crippen molar-refractivity contribution in [1.82, 2.24) is 26.1 Å². The minimum Gasteiger partial charge on any atom is -0.294 e. The number of aromatic amines is 1. The lowest BCUT2D eigenvalue weighted by Gasteiger charge is -2.19. The highest BCUT2D eigenvalue weighted by atomic mass is 15.6. The molecule has 4 rings (SSSR count). The van der Waals surface area contributed by atoms with E-state index in [4.69, 9.17) is 5.10 Å². The summed E-state index contributed by atoms with van der Waals surface area (Å²) in [6, 6.07) is 0. The molecule has 0 radical (unpaired) electrons. The Morgan fingerprint density at radius 2 is 2.20 bits per heavy atom. The van der Waals surface area contributed by atoms with Crippen molar-refractivity contribution in [2.45, 2.75) is 12.8 Å². The Kier molecular flexibility index (Phi) is 2.82. The van der Waals surface area contributed by atoms with Gasteiger partial charge in [-0.05, 0) is 6.42 Å². The zero-order valence-electron chi connectivity index (χ0n) is 11.2. The van der Waals surface area contributed by atoms with Crippen molar-refractivity contribution < 1.29 is 0 Å². The number of nitrogens with one attached hydrogen (secondary N) is 3. The van der Waals surface area contributed by atoms with E-state index in [1.807, 2.05) is 22.4 Å². The fraction of sp³-hybridized carbons (Fsp3) is 0.500. The summed E-state index contributed by atoms with van der Waals surface area (Å²) in [5, 5.41) is 18.0. The molecule has 1 aromatic heterocycles. The molecule has 1 aromatic rings. The van der Waals surface area contributed by atoms with E-state index in [1.165, 1.54) is 6.42 Å². The van der Waals surface area contributed by atoms with Gasteiger partial charge < -0.3 is 0 Å². The maximum atomic E-state index is 4.72. The molecular formula is C12H18N8. The lowest BCUT2D eigenvalue weighted by molar-refractivity contribution is 0.398. The summed E-state index contributed by atoms with van der Waals surface area (Å²) in [6.45, 7) is 3.81. The number of hydrogen-bond donors (Lipinski definition) is 3. The number of nitrogens with zero attached hydrogens (tertiary/aromatic N) is 5. The molecule has 0 spiro atoms. The number of hydrogen-bond acceptors (Lipinski definition) is 7. The van der Waals surface area contributed by atoms with Crippen LogP contribution < -0.4 is 20.9 Å². The number of hydrazone groups is 1. The number of hydrazine groups is 2. The topological polar surface area (TPSA) is 74.8 Å². The Morgan fingerprint density at radius 1 is 1.20 bits per heavy atom. The molecular weight excluding hydrogens is 256 g/mol. The van der Waals surface area contributed by atoms with Gasteiger partial charge >= 0.3 is 0 Å². The quantitative estimate of drug-likeness (QED) is 0.704. The van der Waals surface area contributed by atoms with Gasteiger partial charge in [0.1, 0.15) is 11.5 Å². The number of anilines is 2. The monoisotopic (exact) mass is 274 g/mol. The molecule has 1 saturated heterocycles. The Hall–Kier alpha value is -2.06. The van der Waals surface area contributed by atoms with E-state index < -0.39 is 0 Å². The van der Waals surface area contributed by atoms with E-state index in [0.29, 0.717) is 0 Å². The molecule has 4 heterocycles. The minimum absolute atomic E-state index is 0.838. The lowest BCUT2D eigenvalue weighted by atomic mass is 10.3. The average Bonchev–Trinajstić information content (AvgIpc) is 3.23. The molecule has 0 atom stereocenters. The van der Waals surface area contributed by atoms with Gasteiger partial charge in [-0.15, -0.1) is 0 Å². The lowest BCUT2D eigenvalue weighted by Crippen LogP contribution is -2.35. The smallest absolute Gasteiger partial charge is 0.168 e.